The number of hydrogen-bond donors (Lipinski definition) is 2. The SMILES string of the molecule is C#CCOc1c(C=NNC(=O)CCC(=O)Nc2ccccc2OC)cccc1OC. The van der Waals surface area contributed by atoms with Crippen molar-refractivity contribution in [1.82, 2.24) is 5.43 Å². The van der Waals surface area contributed by atoms with E-state index in [2.05, 4.69) is 21.8 Å². The van der Waals surface area contributed by atoms with Crippen molar-refractivity contribution in [3.05, 3.63) is 48.0 Å². The van der Waals surface area contributed by atoms with Crippen LogP contribution < -0.4 is 25.0 Å². The van der Waals surface area contributed by atoms with Crippen molar-refractivity contribution in [2.24, 2.45) is 5.10 Å². The van der Waals surface area contributed by atoms with Gasteiger partial charge in [-0.2, -0.15) is 5.10 Å². The van der Waals surface area contributed by atoms with Gasteiger partial charge in [0.1, 0.15) is 12.4 Å². The third-order valence-electron chi connectivity index (χ3n) is 3.88. The lowest BCUT2D eigenvalue weighted by Crippen LogP contribution is -2.20. The highest BCUT2D eigenvalue weighted by atomic mass is 16.5. The third kappa shape index (κ3) is 6.56. The number of nitrogens with zero attached hydrogens (tertiary/aromatic N) is 1. The fraction of sp³-hybridized carbons (Fsp3) is 0.227. The van der Waals surface area contributed by atoms with Gasteiger partial charge >= 0.3 is 0 Å². The predicted octanol–water partition coefficient (Wildman–Crippen LogP) is 2.58. The van der Waals surface area contributed by atoms with Crippen LogP contribution >= 0.6 is 0 Å². The number of anilines is 1. The van der Waals surface area contributed by atoms with Gasteiger partial charge in [-0.3, -0.25) is 9.59 Å². The minimum Gasteiger partial charge on any atom is -0.495 e. The molecular weight excluding hydrogens is 386 g/mol. The molecule has 0 saturated carbocycles. The number of para-hydroxylation sites is 3. The van der Waals surface area contributed by atoms with Gasteiger partial charge in [-0.25, -0.2) is 5.43 Å². The third-order valence-corrected chi connectivity index (χ3v) is 3.88. The highest BCUT2D eigenvalue weighted by Crippen LogP contribution is 2.30. The van der Waals surface area contributed by atoms with E-state index in [4.69, 9.17) is 20.6 Å². The van der Waals surface area contributed by atoms with Gasteiger partial charge in [-0.15, -0.1) is 6.42 Å². The van der Waals surface area contributed by atoms with E-state index < -0.39 is 5.91 Å². The van der Waals surface area contributed by atoms with Crippen molar-refractivity contribution in [3.8, 4) is 29.6 Å². The monoisotopic (exact) mass is 409 g/mol. The molecule has 0 fully saturated rings. The van der Waals surface area contributed by atoms with Gasteiger partial charge in [0.05, 0.1) is 26.1 Å². The molecule has 0 spiro atoms. The standard InChI is InChI=1S/C22H23N3O5/c1-4-14-30-22-16(8-7-11-19(22)29-3)15-23-25-21(27)13-12-20(26)24-17-9-5-6-10-18(17)28-2/h1,5-11,15H,12-14H2,2-3H3,(H,24,26)(H,25,27). The van der Waals surface area contributed by atoms with Gasteiger partial charge in [-0.1, -0.05) is 24.1 Å². The van der Waals surface area contributed by atoms with Gasteiger partial charge in [0.25, 0.3) is 0 Å². The Labute approximate surface area is 175 Å². The second kappa shape index (κ2) is 11.8. The summed E-state index contributed by atoms with van der Waals surface area (Å²) in [6, 6.07) is 12.2. The molecule has 2 aromatic carbocycles. The van der Waals surface area contributed by atoms with E-state index in [9.17, 15) is 9.59 Å². The van der Waals surface area contributed by atoms with E-state index in [1.165, 1.54) is 20.4 Å². The van der Waals surface area contributed by atoms with E-state index in [1.807, 2.05) is 0 Å². The summed E-state index contributed by atoms with van der Waals surface area (Å²) in [5.74, 6) is 3.13. The minimum atomic E-state index is -0.407. The Morgan fingerprint density at radius 1 is 1.03 bits per heavy atom. The summed E-state index contributed by atoms with van der Waals surface area (Å²) in [5.41, 5.74) is 3.51. The molecule has 8 nitrogen and oxygen atoms in total. The van der Waals surface area contributed by atoms with Crippen molar-refractivity contribution < 1.29 is 23.8 Å². The van der Waals surface area contributed by atoms with Crippen molar-refractivity contribution >= 4 is 23.7 Å². The molecule has 2 aromatic rings. The maximum Gasteiger partial charge on any atom is 0.240 e. The van der Waals surface area contributed by atoms with Crippen LogP contribution in [-0.2, 0) is 9.59 Å². The Bertz CT molecular complexity index is 950. The van der Waals surface area contributed by atoms with Gasteiger partial charge in [-0.05, 0) is 24.3 Å². The van der Waals surface area contributed by atoms with Crippen LogP contribution in [0.4, 0.5) is 5.69 Å². The maximum atomic E-state index is 12.1. The van der Waals surface area contributed by atoms with E-state index in [0.29, 0.717) is 28.5 Å². The first-order valence-corrected chi connectivity index (χ1v) is 9.07. The highest BCUT2D eigenvalue weighted by molar-refractivity contribution is 5.94. The lowest BCUT2D eigenvalue weighted by atomic mass is 10.2. The summed E-state index contributed by atoms with van der Waals surface area (Å²) in [4.78, 5) is 24.0. The summed E-state index contributed by atoms with van der Waals surface area (Å²) in [7, 11) is 3.03. The van der Waals surface area contributed by atoms with Crippen LogP contribution in [0.1, 0.15) is 18.4 Å². The van der Waals surface area contributed by atoms with Crippen molar-refractivity contribution in [1.29, 1.82) is 0 Å². The molecule has 0 atom stereocenters. The maximum absolute atomic E-state index is 12.1. The van der Waals surface area contributed by atoms with Crippen LogP contribution in [0.5, 0.6) is 17.2 Å². The lowest BCUT2D eigenvalue weighted by molar-refractivity contribution is -0.124. The lowest BCUT2D eigenvalue weighted by Gasteiger charge is -2.11. The van der Waals surface area contributed by atoms with Crippen LogP contribution in [-0.4, -0.2) is 38.9 Å². The Morgan fingerprint density at radius 3 is 2.47 bits per heavy atom. The molecule has 0 bridgehead atoms. The number of rotatable bonds is 10. The van der Waals surface area contributed by atoms with Crippen LogP contribution in [0.2, 0.25) is 0 Å². The zero-order chi connectivity index (χ0) is 21.8. The zero-order valence-electron chi connectivity index (χ0n) is 16.8. The molecule has 0 aliphatic carbocycles. The number of ether oxygens (including phenoxy) is 3. The predicted molar refractivity (Wildman–Crippen MR) is 114 cm³/mol. The molecule has 156 valence electrons. The molecular formula is C22H23N3O5. The van der Waals surface area contributed by atoms with E-state index >= 15 is 0 Å². The van der Waals surface area contributed by atoms with E-state index in [1.54, 1.807) is 42.5 Å². The number of amides is 2. The molecule has 0 aliphatic heterocycles. The molecule has 0 radical (unpaired) electrons. The fourth-order valence-electron chi connectivity index (χ4n) is 2.48. The second-order valence-corrected chi connectivity index (χ2v) is 5.91. The Balaban J connectivity index is 1.88. The number of nitrogens with one attached hydrogen (secondary N) is 2. The number of methoxy groups -OCH3 is 2. The number of benzene rings is 2. The Morgan fingerprint density at radius 2 is 1.73 bits per heavy atom. The minimum absolute atomic E-state index is 0.00487. The highest BCUT2D eigenvalue weighted by Gasteiger charge is 2.11. The normalized spacial score (nSPS) is 10.2. The number of hydrazone groups is 1. The van der Waals surface area contributed by atoms with Gasteiger partial charge < -0.3 is 19.5 Å². The van der Waals surface area contributed by atoms with E-state index in [0.717, 1.165) is 0 Å². The van der Waals surface area contributed by atoms with Crippen LogP contribution in [0.3, 0.4) is 0 Å². The Hall–Kier alpha value is -3.99. The van der Waals surface area contributed by atoms with Gasteiger partial charge in [0.2, 0.25) is 11.8 Å². The zero-order valence-corrected chi connectivity index (χ0v) is 16.8. The van der Waals surface area contributed by atoms with Gasteiger partial charge in [0.15, 0.2) is 11.5 Å². The molecule has 0 aliphatic rings. The largest absolute Gasteiger partial charge is 0.495 e. The topological polar surface area (TPSA) is 98.2 Å². The average Bonchev–Trinajstić information content (AvgIpc) is 2.77. The smallest absolute Gasteiger partial charge is 0.240 e. The second-order valence-electron chi connectivity index (χ2n) is 5.91. The van der Waals surface area contributed by atoms with Crippen molar-refractivity contribution in [2.75, 3.05) is 26.1 Å². The summed E-state index contributed by atoms with van der Waals surface area (Å²) in [6.45, 7) is 0.0644. The molecule has 0 unspecified atom stereocenters. The Kier molecular flexibility index (Phi) is 8.74. The molecule has 2 amide bonds. The van der Waals surface area contributed by atoms with Crippen LogP contribution in [0.25, 0.3) is 0 Å². The fourth-order valence-corrected chi connectivity index (χ4v) is 2.48. The first kappa shape index (κ1) is 22.3. The van der Waals surface area contributed by atoms with Crippen LogP contribution in [0, 0.1) is 12.3 Å². The first-order chi connectivity index (χ1) is 14.6. The summed E-state index contributed by atoms with van der Waals surface area (Å²) >= 11 is 0. The van der Waals surface area contributed by atoms with Crippen molar-refractivity contribution in [2.45, 2.75) is 12.8 Å². The number of terminal acetylenes is 1. The number of hydrogen-bond acceptors (Lipinski definition) is 6. The quantitative estimate of drug-likeness (QED) is 0.357. The first-order valence-electron chi connectivity index (χ1n) is 9.07. The van der Waals surface area contributed by atoms with E-state index in [-0.39, 0.29) is 25.4 Å². The molecule has 2 rings (SSSR count). The summed E-state index contributed by atoms with van der Waals surface area (Å²) in [6.07, 6.45) is 6.62. The number of carbonyl (C=O) groups excluding carboxylic acids is 2. The van der Waals surface area contributed by atoms with Gasteiger partial charge in [0, 0.05) is 18.4 Å². The molecule has 30 heavy (non-hydrogen) atoms. The molecule has 2 N–H and O–H groups in total. The molecule has 0 aromatic heterocycles. The molecule has 8 heteroatoms. The average molecular weight is 409 g/mol. The van der Waals surface area contributed by atoms with Crippen LogP contribution in [0.15, 0.2) is 47.6 Å². The summed E-state index contributed by atoms with van der Waals surface area (Å²) < 4.78 is 15.9. The van der Waals surface area contributed by atoms with Crippen molar-refractivity contribution in [3.63, 3.8) is 0 Å². The number of carbonyl (C=O) groups is 2. The summed E-state index contributed by atoms with van der Waals surface area (Å²) in [5, 5.41) is 6.62. The molecule has 0 heterocycles. The molecule has 0 saturated heterocycles.